The fourth-order valence-corrected chi connectivity index (χ4v) is 3.65. The van der Waals surface area contributed by atoms with Crippen LogP contribution in [0.4, 0.5) is 0 Å². The summed E-state index contributed by atoms with van der Waals surface area (Å²) in [6.07, 6.45) is 1.52. The van der Waals surface area contributed by atoms with Crippen molar-refractivity contribution in [1.29, 1.82) is 0 Å². The molecule has 0 aliphatic carbocycles. The predicted octanol–water partition coefficient (Wildman–Crippen LogP) is 3.26. The normalized spacial score (nSPS) is 11.4. The average molecular weight is 465 g/mol. The Bertz CT molecular complexity index is 1230. The first kappa shape index (κ1) is 24.6. The number of nitrogens with zero attached hydrogens (tertiary/aromatic N) is 1. The SMILES string of the molecule is COC(=O)CC(NC(=O)c1cccn(Cc2cccc(C)c2)c1=O)c1ccc(OC)c(OC)c1. The molecular weight excluding hydrogens is 436 g/mol. The lowest BCUT2D eigenvalue weighted by Gasteiger charge is -2.20. The third-order valence-electron chi connectivity index (χ3n) is 5.41. The summed E-state index contributed by atoms with van der Waals surface area (Å²) in [6, 6.07) is 15.3. The Morgan fingerprint density at radius 2 is 1.74 bits per heavy atom. The van der Waals surface area contributed by atoms with Gasteiger partial charge in [-0.25, -0.2) is 0 Å². The van der Waals surface area contributed by atoms with E-state index < -0.39 is 23.5 Å². The highest BCUT2D eigenvalue weighted by Gasteiger charge is 2.23. The van der Waals surface area contributed by atoms with Crippen LogP contribution >= 0.6 is 0 Å². The number of benzene rings is 2. The van der Waals surface area contributed by atoms with E-state index in [1.54, 1.807) is 30.5 Å². The summed E-state index contributed by atoms with van der Waals surface area (Å²) in [5.74, 6) is -0.141. The Morgan fingerprint density at radius 3 is 2.41 bits per heavy atom. The smallest absolute Gasteiger partial charge is 0.307 e. The van der Waals surface area contributed by atoms with E-state index >= 15 is 0 Å². The maximum Gasteiger partial charge on any atom is 0.307 e. The highest BCUT2D eigenvalue weighted by atomic mass is 16.5. The van der Waals surface area contributed by atoms with Crippen molar-refractivity contribution in [1.82, 2.24) is 9.88 Å². The number of hydrogen-bond donors (Lipinski definition) is 1. The fraction of sp³-hybridized carbons (Fsp3) is 0.269. The molecule has 0 saturated heterocycles. The van der Waals surface area contributed by atoms with E-state index in [4.69, 9.17) is 14.2 Å². The third-order valence-corrected chi connectivity index (χ3v) is 5.41. The lowest BCUT2D eigenvalue weighted by molar-refractivity contribution is -0.141. The lowest BCUT2D eigenvalue weighted by Crippen LogP contribution is -2.36. The number of aromatic nitrogens is 1. The van der Waals surface area contributed by atoms with Crippen molar-refractivity contribution in [2.24, 2.45) is 0 Å². The second-order valence-corrected chi connectivity index (χ2v) is 7.76. The van der Waals surface area contributed by atoms with Crippen molar-refractivity contribution in [3.63, 3.8) is 0 Å². The molecule has 1 aromatic heterocycles. The van der Waals surface area contributed by atoms with Crippen LogP contribution in [0.25, 0.3) is 0 Å². The first-order valence-electron chi connectivity index (χ1n) is 10.7. The Morgan fingerprint density at radius 1 is 0.971 bits per heavy atom. The second-order valence-electron chi connectivity index (χ2n) is 7.76. The first-order valence-corrected chi connectivity index (χ1v) is 10.7. The highest BCUT2D eigenvalue weighted by Crippen LogP contribution is 2.31. The van der Waals surface area contributed by atoms with Gasteiger partial charge in [0.1, 0.15) is 5.56 Å². The summed E-state index contributed by atoms with van der Waals surface area (Å²) < 4.78 is 16.9. The second kappa shape index (κ2) is 11.2. The number of amides is 1. The summed E-state index contributed by atoms with van der Waals surface area (Å²) in [5, 5.41) is 2.80. The molecule has 2 aromatic carbocycles. The topological polar surface area (TPSA) is 95.9 Å². The fourth-order valence-electron chi connectivity index (χ4n) is 3.65. The van der Waals surface area contributed by atoms with Crippen LogP contribution in [0.15, 0.2) is 65.6 Å². The molecule has 8 nitrogen and oxygen atoms in total. The van der Waals surface area contributed by atoms with E-state index in [0.717, 1.165) is 11.1 Å². The number of hydrogen-bond acceptors (Lipinski definition) is 6. The van der Waals surface area contributed by atoms with Gasteiger partial charge in [-0.05, 0) is 42.3 Å². The van der Waals surface area contributed by atoms with Crippen LogP contribution in [0.5, 0.6) is 11.5 Å². The van der Waals surface area contributed by atoms with Crippen LogP contribution in [0.1, 0.15) is 39.5 Å². The van der Waals surface area contributed by atoms with E-state index in [1.807, 2.05) is 31.2 Å². The zero-order valence-electron chi connectivity index (χ0n) is 19.7. The molecule has 1 heterocycles. The Labute approximate surface area is 198 Å². The van der Waals surface area contributed by atoms with E-state index in [1.165, 1.54) is 32.0 Å². The molecule has 1 N–H and O–H groups in total. The van der Waals surface area contributed by atoms with Crippen molar-refractivity contribution in [2.45, 2.75) is 25.9 Å². The van der Waals surface area contributed by atoms with Crippen molar-refractivity contribution in [3.05, 3.63) is 93.4 Å². The Hall–Kier alpha value is -4.07. The van der Waals surface area contributed by atoms with Gasteiger partial charge in [-0.3, -0.25) is 14.4 Å². The molecule has 0 fully saturated rings. The van der Waals surface area contributed by atoms with Crippen LogP contribution in [0.3, 0.4) is 0 Å². The molecule has 8 heteroatoms. The molecule has 3 aromatic rings. The van der Waals surface area contributed by atoms with E-state index in [2.05, 4.69) is 5.32 Å². The number of nitrogens with one attached hydrogen (secondary N) is 1. The third kappa shape index (κ3) is 5.83. The van der Waals surface area contributed by atoms with Gasteiger partial charge in [-0.15, -0.1) is 0 Å². The molecule has 0 aliphatic rings. The van der Waals surface area contributed by atoms with Gasteiger partial charge in [0, 0.05) is 6.20 Å². The number of aryl methyl sites for hydroxylation is 1. The average Bonchev–Trinajstić information content (AvgIpc) is 2.84. The summed E-state index contributed by atoms with van der Waals surface area (Å²) >= 11 is 0. The van der Waals surface area contributed by atoms with Gasteiger partial charge in [0.15, 0.2) is 11.5 Å². The standard InChI is InChI=1S/C26H28N2O6/c1-17-7-5-8-18(13-17)16-28-12-6-9-20(26(28)31)25(30)27-21(15-24(29)34-4)19-10-11-22(32-2)23(14-19)33-3/h5-14,21H,15-16H2,1-4H3,(H,27,30). The predicted molar refractivity (Wildman–Crippen MR) is 127 cm³/mol. The molecule has 178 valence electrons. The zero-order valence-corrected chi connectivity index (χ0v) is 19.7. The van der Waals surface area contributed by atoms with Crippen molar-refractivity contribution in [2.75, 3.05) is 21.3 Å². The van der Waals surface area contributed by atoms with E-state index in [9.17, 15) is 14.4 Å². The molecule has 0 aliphatic heterocycles. The minimum Gasteiger partial charge on any atom is -0.493 e. The maximum absolute atomic E-state index is 13.1. The molecular formula is C26H28N2O6. The summed E-state index contributed by atoms with van der Waals surface area (Å²) in [5.41, 5.74) is 2.19. The van der Waals surface area contributed by atoms with Crippen LogP contribution < -0.4 is 20.3 Å². The van der Waals surface area contributed by atoms with Crippen molar-refractivity contribution < 1.29 is 23.8 Å². The van der Waals surface area contributed by atoms with Crippen LogP contribution in [0.2, 0.25) is 0 Å². The molecule has 1 unspecified atom stereocenters. The van der Waals surface area contributed by atoms with Crippen LogP contribution in [-0.4, -0.2) is 37.8 Å². The van der Waals surface area contributed by atoms with Gasteiger partial charge in [0.05, 0.1) is 40.3 Å². The number of rotatable bonds is 9. The van der Waals surface area contributed by atoms with Gasteiger partial charge in [0.2, 0.25) is 0 Å². The van der Waals surface area contributed by atoms with Crippen LogP contribution in [0, 0.1) is 6.92 Å². The van der Waals surface area contributed by atoms with Gasteiger partial charge in [0.25, 0.3) is 11.5 Å². The number of carbonyl (C=O) groups excluding carboxylic acids is 2. The number of esters is 1. The summed E-state index contributed by atoms with van der Waals surface area (Å²) in [7, 11) is 4.29. The first-order chi connectivity index (χ1) is 16.4. The van der Waals surface area contributed by atoms with Crippen molar-refractivity contribution >= 4 is 11.9 Å². The van der Waals surface area contributed by atoms with Gasteiger partial charge in [-0.2, -0.15) is 0 Å². The van der Waals surface area contributed by atoms with Crippen molar-refractivity contribution in [3.8, 4) is 11.5 Å². The van der Waals surface area contributed by atoms with Crippen LogP contribution in [-0.2, 0) is 16.1 Å². The number of carbonyl (C=O) groups is 2. The molecule has 0 radical (unpaired) electrons. The maximum atomic E-state index is 13.1. The molecule has 1 amide bonds. The number of methoxy groups -OCH3 is 3. The quantitative estimate of drug-likeness (QED) is 0.489. The summed E-state index contributed by atoms with van der Waals surface area (Å²) in [4.78, 5) is 38.2. The highest BCUT2D eigenvalue weighted by molar-refractivity contribution is 5.94. The molecule has 1 atom stereocenters. The minimum atomic E-state index is -0.746. The minimum absolute atomic E-state index is 0.0227. The lowest BCUT2D eigenvalue weighted by atomic mass is 10.0. The largest absolute Gasteiger partial charge is 0.493 e. The van der Waals surface area contributed by atoms with E-state index in [0.29, 0.717) is 23.6 Å². The number of pyridine rings is 1. The monoisotopic (exact) mass is 464 g/mol. The molecule has 0 bridgehead atoms. The zero-order chi connectivity index (χ0) is 24.7. The molecule has 34 heavy (non-hydrogen) atoms. The Balaban J connectivity index is 1.89. The molecule has 0 spiro atoms. The number of ether oxygens (including phenoxy) is 3. The van der Waals surface area contributed by atoms with Gasteiger partial charge >= 0.3 is 5.97 Å². The molecule has 0 saturated carbocycles. The Kier molecular flexibility index (Phi) is 8.08. The van der Waals surface area contributed by atoms with Gasteiger partial charge < -0.3 is 24.1 Å². The van der Waals surface area contributed by atoms with E-state index in [-0.39, 0.29) is 12.0 Å². The van der Waals surface area contributed by atoms with Gasteiger partial charge in [-0.1, -0.05) is 35.9 Å². The molecule has 3 rings (SSSR count). The summed E-state index contributed by atoms with van der Waals surface area (Å²) in [6.45, 7) is 2.31.